The first-order chi connectivity index (χ1) is 13.4. The lowest BCUT2D eigenvalue weighted by molar-refractivity contribution is -0.119. The van der Waals surface area contributed by atoms with Crippen molar-refractivity contribution in [3.63, 3.8) is 0 Å². The van der Waals surface area contributed by atoms with Crippen LogP contribution in [0.15, 0.2) is 36.4 Å². The molecule has 1 heterocycles. The van der Waals surface area contributed by atoms with Gasteiger partial charge in [-0.3, -0.25) is 9.59 Å². The van der Waals surface area contributed by atoms with Crippen molar-refractivity contribution in [3.05, 3.63) is 52.5 Å². The third-order valence-corrected chi connectivity index (χ3v) is 4.87. The second kappa shape index (κ2) is 8.39. The van der Waals surface area contributed by atoms with Gasteiger partial charge in [0.2, 0.25) is 0 Å². The lowest BCUT2D eigenvalue weighted by Gasteiger charge is -2.22. The zero-order chi connectivity index (χ0) is 20.3. The van der Waals surface area contributed by atoms with Crippen LogP contribution in [0.2, 0.25) is 5.02 Å². The summed E-state index contributed by atoms with van der Waals surface area (Å²) in [5.74, 6) is -0.345. The van der Waals surface area contributed by atoms with E-state index in [0.717, 1.165) is 11.3 Å². The summed E-state index contributed by atoms with van der Waals surface area (Å²) in [7, 11) is 3.45. The highest BCUT2D eigenvalue weighted by molar-refractivity contribution is 6.32. The van der Waals surface area contributed by atoms with Gasteiger partial charge < -0.3 is 25.0 Å². The number of carbonyl (C=O) groups excluding carboxylic acids is 2. The summed E-state index contributed by atoms with van der Waals surface area (Å²) in [5.41, 5.74) is 7.69. The Morgan fingerprint density at radius 1 is 1.21 bits per heavy atom. The molecule has 0 atom stereocenters. The van der Waals surface area contributed by atoms with Gasteiger partial charge in [-0.25, -0.2) is 0 Å². The van der Waals surface area contributed by atoms with Crippen LogP contribution in [0.3, 0.4) is 0 Å². The smallest absolute Gasteiger partial charge is 0.255 e. The van der Waals surface area contributed by atoms with Crippen LogP contribution in [-0.2, 0) is 11.3 Å². The van der Waals surface area contributed by atoms with Crippen LogP contribution in [-0.4, -0.2) is 50.6 Å². The lowest BCUT2D eigenvalue weighted by Crippen LogP contribution is -2.34. The van der Waals surface area contributed by atoms with E-state index in [1.54, 1.807) is 11.0 Å². The average molecular weight is 404 g/mol. The Morgan fingerprint density at radius 3 is 2.68 bits per heavy atom. The Balaban J connectivity index is 1.88. The summed E-state index contributed by atoms with van der Waals surface area (Å²) in [5, 5.41) is 0.177. The van der Waals surface area contributed by atoms with E-state index in [0.29, 0.717) is 25.2 Å². The molecular weight excluding hydrogens is 382 g/mol. The fraction of sp³-hybridized carbons (Fsp3) is 0.300. The van der Waals surface area contributed by atoms with Gasteiger partial charge in [-0.15, -0.1) is 0 Å². The van der Waals surface area contributed by atoms with Gasteiger partial charge in [-0.1, -0.05) is 29.8 Å². The van der Waals surface area contributed by atoms with Crippen molar-refractivity contribution in [3.8, 4) is 11.5 Å². The molecule has 1 aliphatic rings. The quantitative estimate of drug-likeness (QED) is 0.828. The minimum absolute atomic E-state index is 0.160. The molecule has 7 nitrogen and oxygen atoms in total. The number of benzene rings is 2. The first-order valence-corrected chi connectivity index (χ1v) is 9.15. The number of nitrogens with zero attached hydrogens (tertiary/aromatic N) is 2. The van der Waals surface area contributed by atoms with E-state index in [4.69, 9.17) is 26.8 Å². The molecule has 0 spiro atoms. The Bertz CT molecular complexity index is 903. The SMILES string of the molecule is COc1cc(C(=O)N2CCN(C)c3ccccc3C2)cc(Cl)c1OCC(N)=O. The van der Waals surface area contributed by atoms with Crippen molar-refractivity contribution in [2.24, 2.45) is 5.73 Å². The Hall–Kier alpha value is -2.93. The number of carbonyl (C=O) groups is 2. The van der Waals surface area contributed by atoms with Gasteiger partial charge in [-0.05, 0) is 23.8 Å². The maximum absolute atomic E-state index is 13.1. The largest absolute Gasteiger partial charge is 0.493 e. The van der Waals surface area contributed by atoms with Crippen molar-refractivity contribution in [2.45, 2.75) is 6.54 Å². The number of halogens is 1. The van der Waals surface area contributed by atoms with Gasteiger partial charge >= 0.3 is 0 Å². The number of nitrogens with two attached hydrogens (primary N) is 1. The van der Waals surface area contributed by atoms with Crippen molar-refractivity contribution in [2.75, 3.05) is 38.8 Å². The zero-order valence-electron chi connectivity index (χ0n) is 15.8. The van der Waals surface area contributed by atoms with E-state index >= 15 is 0 Å². The average Bonchev–Trinajstić information content (AvgIpc) is 2.85. The fourth-order valence-corrected chi connectivity index (χ4v) is 3.44. The molecule has 2 aromatic rings. The lowest BCUT2D eigenvalue weighted by atomic mass is 10.1. The number of anilines is 1. The van der Waals surface area contributed by atoms with Crippen molar-refractivity contribution < 1.29 is 19.1 Å². The van der Waals surface area contributed by atoms with Gasteiger partial charge in [0.1, 0.15) is 0 Å². The molecule has 0 aliphatic carbocycles. The van der Waals surface area contributed by atoms with E-state index in [1.807, 2.05) is 31.3 Å². The highest BCUT2D eigenvalue weighted by Gasteiger charge is 2.24. The maximum Gasteiger partial charge on any atom is 0.255 e. The topological polar surface area (TPSA) is 85.1 Å². The van der Waals surface area contributed by atoms with Crippen LogP contribution in [0.4, 0.5) is 5.69 Å². The first kappa shape index (κ1) is 19.8. The molecular formula is C20H22ClN3O4. The number of hydrogen-bond donors (Lipinski definition) is 1. The number of fused-ring (bicyclic) bond motifs is 1. The number of primary amides is 1. The minimum atomic E-state index is -0.634. The molecule has 0 radical (unpaired) electrons. The number of hydrogen-bond acceptors (Lipinski definition) is 5. The normalized spacial score (nSPS) is 13.5. The Morgan fingerprint density at radius 2 is 1.96 bits per heavy atom. The summed E-state index contributed by atoms with van der Waals surface area (Å²) in [6.45, 7) is 1.45. The third kappa shape index (κ3) is 4.14. The van der Waals surface area contributed by atoms with Gasteiger partial charge in [0, 0.05) is 37.9 Å². The zero-order valence-corrected chi connectivity index (χ0v) is 16.5. The second-order valence-corrected chi connectivity index (χ2v) is 6.93. The summed E-state index contributed by atoms with van der Waals surface area (Å²) >= 11 is 6.28. The molecule has 0 aromatic heterocycles. The number of likely N-dealkylation sites (N-methyl/N-ethyl adjacent to an activating group) is 1. The van der Waals surface area contributed by atoms with Gasteiger partial charge in [0.05, 0.1) is 12.1 Å². The summed E-state index contributed by atoms with van der Waals surface area (Å²) in [6, 6.07) is 11.1. The van der Waals surface area contributed by atoms with Crippen LogP contribution in [0.25, 0.3) is 0 Å². The predicted molar refractivity (Wildman–Crippen MR) is 107 cm³/mol. The number of rotatable bonds is 5. The summed E-state index contributed by atoms with van der Waals surface area (Å²) < 4.78 is 10.6. The fourth-order valence-electron chi connectivity index (χ4n) is 3.18. The third-order valence-electron chi connectivity index (χ3n) is 4.59. The van der Waals surface area contributed by atoms with Crippen molar-refractivity contribution in [1.82, 2.24) is 4.90 Å². The highest BCUT2D eigenvalue weighted by Crippen LogP contribution is 2.37. The molecule has 1 aliphatic heterocycles. The predicted octanol–water partition coefficient (Wildman–Crippen LogP) is 2.30. The Kier molecular flexibility index (Phi) is 5.94. The molecule has 0 unspecified atom stereocenters. The number of ether oxygens (including phenoxy) is 2. The first-order valence-electron chi connectivity index (χ1n) is 8.77. The molecule has 8 heteroatoms. The van der Waals surface area contributed by atoms with Gasteiger partial charge in [-0.2, -0.15) is 0 Å². The number of amides is 2. The van der Waals surface area contributed by atoms with Crippen molar-refractivity contribution in [1.29, 1.82) is 0 Å². The van der Waals surface area contributed by atoms with Gasteiger partial charge in [0.25, 0.3) is 11.8 Å². The molecule has 2 amide bonds. The molecule has 0 bridgehead atoms. The molecule has 0 fully saturated rings. The standard InChI is InChI=1S/C20H22ClN3O4/c1-23-7-8-24(11-13-5-3-4-6-16(13)23)20(26)14-9-15(21)19(17(10-14)27-2)28-12-18(22)25/h3-6,9-10H,7-8,11-12H2,1-2H3,(H2,22,25). The second-order valence-electron chi connectivity index (χ2n) is 6.52. The van der Waals surface area contributed by atoms with E-state index < -0.39 is 5.91 Å². The molecule has 28 heavy (non-hydrogen) atoms. The minimum Gasteiger partial charge on any atom is -0.493 e. The summed E-state index contributed by atoms with van der Waals surface area (Å²) in [6.07, 6.45) is 0. The van der Waals surface area contributed by atoms with Crippen LogP contribution >= 0.6 is 11.6 Å². The molecule has 0 saturated carbocycles. The highest BCUT2D eigenvalue weighted by atomic mass is 35.5. The Labute approximate surface area is 168 Å². The summed E-state index contributed by atoms with van der Waals surface area (Å²) in [4.78, 5) is 28.0. The molecule has 2 aromatic carbocycles. The van der Waals surface area contributed by atoms with Crippen LogP contribution in [0.1, 0.15) is 15.9 Å². The van der Waals surface area contributed by atoms with Crippen LogP contribution in [0.5, 0.6) is 11.5 Å². The molecule has 3 rings (SSSR count). The van der Waals surface area contributed by atoms with Crippen LogP contribution in [0, 0.1) is 0 Å². The van der Waals surface area contributed by atoms with E-state index in [2.05, 4.69) is 4.90 Å². The number of methoxy groups -OCH3 is 1. The molecule has 0 saturated heterocycles. The monoisotopic (exact) mass is 403 g/mol. The number of para-hydroxylation sites is 1. The van der Waals surface area contributed by atoms with E-state index in [-0.39, 0.29) is 29.0 Å². The van der Waals surface area contributed by atoms with Crippen LogP contribution < -0.4 is 20.1 Å². The molecule has 148 valence electrons. The van der Waals surface area contributed by atoms with E-state index in [9.17, 15) is 9.59 Å². The maximum atomic E-state index is 13.1. The van der Waals surface area contributed by atoms with Crippen molar-refractivity contribution >= 4 is 29.1 Å². The molecule has 2 N–H and O–H groups in total. The van der Waals surface area contributed by atoms with Gasteiger partial charge in [0.15, 0.2) is 18.1 Å². The van der Waals surface area contributed by atoms with E-state index in [1.165, 1.54) is 13.2 Å².